The van der Waals surface area contributed by atoms with Gasteiger partial charge in [0.25, 0.3) is 0 Å². The largest absolute Gasteiger partial charge is 0.493 e. The predicted molar refractivity (Wildman–Crippen MR) is 141 cm³/mol. The second-order valence-corrected chi connectivity index (χ2v) is 9.37. The molecule has 1 saturated heterocycles. The minimum atomic E-state index is -0.255. The third kappa shape index (κ3) is 4.61. The zero-order valence-corrected chi connectivity index (χ0v) is 21.2. The Bertz CT molecular complexity index is 1290. The van der Waals surface area contributed by atoms with Gasteiger partial charge < -0.3 is 19.6 Å². The molecule has 2 aliphatic rings. The first-order chi connectivity index (χ1) is 17.6. The summed E-state index contributed by atoms with van der Waals surface area (Å²) in [6.07, 6.45) is 2.51. The van der Waals surface area contributed by atoms with Crippen LogP contribution in [0.25, 0.3) is 0 Å². The van der Waals surface area contributed by atoms with Crippen LogP contribution in [0.4, 0.5) is 0 Å². The average Bonchev–Trinajstić information content (AvgIpc) is 3.30. The fourth-order valence-electron chi connectivity index (χ4n) is 4.77. The molecule has 3 atom stereocenters. The van der Waals surface area contributed by atoms with E-state index in [4.69, 9.17) is 14.2 Å². The minimum Gasteiger partial charge on any atom is -0.493 e. The summed E-state index contributed by atoms with van der Waals surface area (Å²) in [5.41, 5.74) is 6.38. The number of fused-ring (bicyclic) bond motifs is 1. The Balaban J connectivity index is 1.46. The monoisotopic (exact) mass is 500 g/mol. The molecule has 2 heterocycles. The lowest BCUT2D eigenvalue weighted by atomic mass is 9.90. The van der Waals surface area contributed by atoms with Crippen LogP contribution in [0.15, 0.2) is 83.4 Å². The smallest absolute Gasteiger partial charge is 0.161 e. The molecule has 1 fully saturated rings. The highest BCUT2D eigenvalue weighted by Crippen LogP contribution is 2.43. The van der Waals surface area contributed by atoms with Gasteiger partial charge in [0.2, 0.25) is 0 Å². The highest BCUT2D eigenvalue weighted by atomic mass is 32.2. The van der Waals surface area contributed by atoms with Crippen molar-refractivity contribution in [1.82, 2.24) is 15.8 Å². The molecule has 0 aromatic heterocycles. The molecule has 184 valence electrons. The number of para-hydroxylation sites is 1. The zero-order chi connectivity index (χ0) is 25.1. The van der Waals surface area contributed by atoms with E-state index in [1.54, 1.807) is 26.0 Å². The fraction of sp³-hybridized carbons (Fsp3) is 0.250. The van der Waals surface area contributed by atoms with Gasteiger partial charge in [0, 0.05) is 6.04 Å². The van der Waals surface area contributed by atoms with Gasteiger partial charge in [0.05, 0.1) is 30.9 Å². The van der Waals surface area contributed by atoms with Crippen LogP contribution in [0.1, 0.15) is 29.6 Å². The molecule has 0 spiro atoms. The van der Waals surface area contributed by atoms with Crippen molar-refractivity contribution < 1.29 is 14.2 Å². The molecule has 0 bridgehead atoms. The third-order valence-electron chi connectivity index (χ3n) is 6.56. The maximum absolute atomic E-state index is 9.97. The number of benzene rings is 3. The second kappa shape index (κ2) is 10.5. The Kier molecular flexibility index (Phi) is 7.05. The summed E-state index contributed by atoms with van der Waals surface area (Å²) >= 11 is 1.55. The molecule has 0 aliphatic carbocycles. The highest BCUT2D eigenvalue weighted by Gasteiger charge is 2.44. The van der Waals surface area contributed by atoms with Crippen LogP contribution >= 0.6 is 11.8 Å². The molecule has 2 aliphatic heterocycles. The molecule has 3 unspecified atom stereocenters. The van der Waals surface area contributed by atoms with Crippen LogP contribution < -0.4 is 25.0 Å². The fourth-order valence-corrected chi connectivity index (χ4v) is 5.35. The van der Waals surface area contributed by atoms with Crippen molar-refractivity contribution >= 4 is 11.8 Å². The molecular weight excluding hydrogens is 472 g/mol. The van der Waals surface area contributed by atoms with Gasteiger partial charge in [-0.2, -0.15) is 10.3 Å². The quantitative estimate of drug-likeness (QED) is 0.439. The number of hydrogen-bond donors (Lipinski definition) is 2. The maximum Gasteiger partial charge on any atom is 0.161 e. The zero-order valence-electron chi connectivity index (χ0n) is 20.4. The van der Waals surface area contributed by atoms with E-state index in [1.807, 2.05) is 60.9 Å². The lowest BCUT2D eigenvalue weighted by Crippen LogP contribution is -2.55. The number of nitrogens with one attached hydrogen (secondary N) is 2. The van der Waals surface area contributed by atoms with Crippen molar-refractivity contribution in [2.45, 2.75) is 24.7 Å². The number of rotatable bonds is 7. The summed E-state index contributed by atoms with van der Waals surface area (Å²) in [4.78, 5) is 0. The van der Waals surface area contributed by atoms with Crippen LogP contribution in [0, 0.1) is 11.3 Å². The summed E-state index contributed by atoms with van der Waals surface area (Å²) in [6.45, 7) is 0. The standard InChI is InChI=1S/C28H28N4O3S/c1-33-25-14-11-19(15-26(25)34-2)24-16-23(30-27-22(17-29)28(36-3)31-32(24)27)18-9-12-21(13-10-18)35-20-7-5-4-6-8-20/h4-15,23-24,27,30-31H,16H2,1-3H3. The van der Waals surface area contributed by atoms with Gasteiger partial charge in [-0.1, -0.05) is 36.4 Å². The number of hydrazine groups is 1. The van der Waals surface area contributed by atoms with E-state index in [9.17, 15) is 5.26 Å². The topological polar surface area (TPSA) is 78.8 Å². The van der Waals surface area contributed by atoms with Crippen LogP contribution in [-0.4, -0.2) is 31.7 Å². The molecule has 3 aromatic rings. The molecular formula is C28H28N4O3S. The molecule has 0 radical (unpaired) electrons. The number of hydrogen-bond acceptors (Lipinski definition) is 8. The molecule has 3 aromatic carbocycles. The van der Waals surface area contributed by atoms with Crippen molar-refractivity contribution in [2.75, 3.05) is 20.5 Å². The normalized spacial score (nSPS) is 21.3. The Morgan fingerprint density at radius 3 is 2.28 bits per heavy atom. The van der Waals surface area contributed by atoms with Crippen molar-refractivity contribution in [3.05, 3.63) is 94.5 Å². The number of ether oxygens (including phenoxy) is 3. The Morgan fingerprint density at radius 1 is 0.917 bits per heavy atom. The van der Waals surface area contributed by atoms with Crippen LogP contribution in [0.3, 0.4) is 0 Å². The summed E-state index contributed by atoms with van der Waals surface area (Å²) in [6, 6.07) is 26.3. The van der Waals surface area contributed by atoms with Crippen molar-refractivity contribution in [3.8, 4) is 29.1 Å². The first-order valence-corrected chi connectivity index (χ1v) is 12.9. The number of thioether (sulfide) groups is 1. The SMILES string of the molecule is COc1ccc(C2CC(c3ccc(Oc4ccccc4)cc3)NC3C(C#N)=C(SC)NN32)cc1OC. The lowest BCUT2D eigenvalue weighted by molar-refractivity contribution is 0.0472. The van der Waals surface area contributed by atoms with Gasteiger partial charge >= 0.3 is 0 Å². The van der Waals surface area contributed by atoms with Gasteiger partial charge in [0.1, 0.15) is 23.7 Å². The molecule has 5 rings (SSSR count). The van der Waals surface area contributed by atoms with Crippen molar-refractivity contribution in [1.29, 1.82) is 5.26 Å². The first kappa shape index (κ1) is 24.1. The Labute approximate surface area is 215 Å². The second-order valence-electron chi connectivity index (χ2n) is 8.55. The van der Waals surface area contributed by atoms with Crippen molar-refractivity contribution in [2.24, 2.45) is 0 Å². The summed E-state index contributed by atoms with van der Waals surface area (Å²) in [7, 11) is 3.28. The Hall–Kier alpha value is -3.64. The van der Waals surface area contributed by atoms with Crippen LogP contribution in [0.5, 0.6) is 23.0 Å². The molecule has 0 saturated carbocycles. The van der Waals surface area contributed by atoms with E-state index in [1.165, 1.54) is 0 Å². The molecule has 8 heteroatoms. The van der Waals surface area contributed by atoms with Crippen LogP contribution in [0.2, 0.25) is 0 Å². The van der Waals surface area contributed by atoms with Gasteiger partial charge in [-0.05, 0) is 60.2 Å². The van der Waals surface area contributed by atoms with Gasteiger partial charge in [-0.3, -0.25) is 5.32 Å². The van der Waals surface area contributed by atoms with Gasteiger partial charge in [-0.15, -0.1) is 11.8 Å². The van der Waals surface area contributed by atoms with E-state index < -0.39 is 0 Å². The van der Waals surface area contributed by atoms with E-state index in [-0.39, 0.29) is 18.2 Å². The first-order valence-electron chi connectivity index (χ1n) is 11.7. The van der Waals surface area contributed by atoms with Crippen molar-refractivity contribution in [3.63, 3.8) is 0 Å². The Morgan fingerprint density at radius 2 is 1.61 bits per heavy atom. The predicted octanol–water partition coefficient (Wildman–Crippen LogP) is 5.52. The van der Waals surface area contributed by atoms with E-state index >= 15 is 0 Å². The molecule has 7 nitrogen and oxygen atoms in total. The van der Waals surface area contributed by atoms with Crippen LogP contribution in [-0.2, 0) is 0 Å². The molecule has 36 heavy (non-hydrogen) atoms. The van der Waals surface area contributed by atoms with Gasteiger partial charge in [-0.25, -0.2) is 0 Å². The number of methoxy groups -OCH3 is 2. The molecule has 2 N–H and O–H groups in total. The minimum absolute atomic E-state index is 0.00528. The number of nitrogens with zero attached hydrogens (tertiary/aromatic N) is 2. The lowest BCUT2D eigenvalue weighted by Gasteiger charge is -2.43. The van der Waals surface area contributed by atoms with E-state index in [0.717, 1.165) is 34.1 Å². The highest BCUT2D eigenvalue weighted by molar-refractivity contribution is 8.02. The summed E-state index contributed by atoms with van der Waals surface area (Å²) < 4.78 is 17.0. The van der Waals surface area contributed by atoms with E-state index in [0.29, 0.717) is 17.1 Å². The molecule has 0 amide bonds. The van der Waals surface area contributed by atoms with Gasteiger partial charge in [0.15, 0.2) is 11.5 Å². The van der Waals surface area contributed by atoms with E-state index in [2.05, 4.69) is 40.0 Å². The summed E-state index contributed by atoms with van der Waals surface area (Å²) in [5, 5.41) is 16.7. The number of nitriles is 1. The average molecular weight is 501 g/mol. The maximum atomic E-state index is 9.97. The summed E-state index contributed by atoms with van der Waals surface area (Å²) in [5.74, 6) is 2.95. The third-order valence-corrected chi connectivity index (χ3v) is 7.28.